The summed E-state index contributed by atoms with van der Waals surface area (Å²) in [6.45, 7) is 3.00. The van der Waals surface area contributed by atoms with Gasteiger partial charge in [-0.05, 0) is 43.2 Å². The Labute approximate surface area is 168 Å². The van der Waals surface area contributed by atoms with Crippen LogP contribution < -0.4 is 15.4 Å². The van der Waals surface area contributed by atoms with E-state index in [4.69, 9.17) is 16.3 Å². The predicted molar refractivity (Wildman–Crippen MR) is 110 cm³/mol. The minimum Gasteiger partial charge on any atom is -0.492 e. The van der Waals surface area contributed by atoms with Gasteiger partial charge in [0.1, 0.15) is 5.75 Å². The first-order chi connectivity index (χ1) is 13.7. The number of carbonyl (C=O) groups excluding carboxylic acids is 1. The van der Waals surface area contributed by atoms with E-state index < -0.39 is 0 Å². The number of para-hydroxylation sites is 2. The Hall–Kier alpha value is -3.12. The molecule has 1 amide bonds. The first-order valence-corrected chi connectivity index (χ1v) is 9.37. The van der Waals surface area contributed by atoms with Gasteiger partial charge in [0, 0.05) is 24.0 Å². The number of aromatic nitrogens is 2. The number of anilines is 2. The van der Waals surface area contributed by atoms with E-state index in [1.165, 1.54) is 12.4 Å². The third-order valence-electron chi connectivity index (χ3n) is 3.96. The minimum absolute atomic E-state index is 0.213. The number of hydrogen-bond donors (Lipinski definition) is 2. The molecule has 2 aromatic carbocycles. The summed E-state index contributed by atoms with van der Waals surface area (Å²) < 4.78 is 5.57. The largest absolute Gasteiger partial charge is 0.492 e. The highest BCUT2D eigenvalue weighted by atomic mass is 35.5. The summed E-state index contributed by atoms with van der Waals surface area (Å²) in [4.78, 5) is 20.7. The van der Waals surface area contributed by atoms with Crippen molar-refractivity contribution >= 4 is 29.1 Å². The average molecular weight is 397 g/mol. The van der Waals surface area contributed by atoms with E-state index in [9.17, 15) is 4.79 Å². The molecule has 144 valence electrons. The van der Waals surface area contributed by atoms with Crippen LogP contribution in [0.5, 0.6) is 5.75 Å². The van der Waals surface area contributed by atoms with Crippen LogP contribution in [0.1, 0.15) is 22.8 Å². The van der Waals surface area contributed by atoms with Crippen molar-refractivity contribution in [1.82, 2.24) is 15.3 Å². The van der Waals surface area contributed by atoms with Crippen LogP contribution in [-0.4, -0.2) is 29.0 Å². The van der Waals surface area contributed by atoms with E-state index >= 15 is 0 Å². The van der Waals surface area contributed by atoms with Gasteiger partial charge in [0.15, 0.2) is 0 Å². The Kier molecular flexibility index (Phi) is 6.81. The summed E-state index contributed by atoms with van der Waals surface area (Å²) in [6.07, 6.45) is 3.71. The number of hydrogen-bond acceptors (Lipinski definition) is 5. The van der Waals surface area contributed by atoms with Crippen LogP contribution in [0.3, 0.4) is 0 Å². The van der Waals surface area contributed by atoms with Gasteiger partial charge in [0.2, 0.25) is 5.95 Å². The second kappa shape index (κ2) is 9.71. The van der Waals surface area contributed by atoms with E-state index in [0.717, 1.165) is 23.4 Å². The first-order valence-electron chi connectivity index (χ1n) is 8.99. The van der Waals surface area contributed by atoms with Gasteiger partial charge >= 0.3 is 0 Å². The van der Waals surface area contributed by atoms with E-state index in [1.807, 2.05) is 55.5 Å². The number of nitrogens with zero attached hydrogens (tertiary/aromatic N) is 2. The number of ether oxygens (including phenoxy) is 1. The zero-order valence-corrected chi connectivity index (χ0v) is 16.2. The fourth-order valence-electron chi connectivity index (χ4n) is 2.56. The van der Waals surface area contributed by atoms with Crippen LogP contribution in [0.15, 0.2) is 60.9 Å². The molecule has 3 rings (SSSR count). The molecule has 28 heavy (non-hydrogen) atoms. The van der Waals surface area contributed by atoms with Crippen LogP contribution >= 0.6 is 11.6 Å². The summed E-state index contributed by atoms with van der Waals surface area (Å²) in [5.74, 6) is 0.901. The highest BCUT2D eigenvalue weighted by Gasteiger charge is 2.08. The van der Waals surface area contributed by atoms with Crippen molar-refractivity contribution in [3.05, 3.63) is 77.1 Å². The van der Waals surface area contributed by atoms with E-state index in [0.29, 0.717) is 29.7 Å². The lowest BCUT2D eigenvalue weighted by molar-refractivity contribution is 0.0953. The Morgan fingerprint density at radius 1 is 1.07 bits per heavy atom. The third kappa shape index (κ3) is 5.44. The molecule has 7 heteroatoms. The number of nitrogens with one attached hydrogen (secondary N) is 2. The molecular weight excluding hydrogens is 376 g/mol. The second-order valence-electron chi connectivity index (χ2n) is 5.98. The normalized spacial score (nSPS) is 10.4. The molecule has 3 aromatic rings. The SMILES string of the molecule is CCOc1ccccc1Nc1ncc(C(=O)NCCc2ccc(Cl)cc2)cn1. The average Bonchev–Trinajstić information content (AvgIpc) is 2.71. The molecule has 0 radical (unpaired) electrons. The van der Waals surface area contributed by atoms with Crippen LogP contribution in [-0.2, 0) is 6.42 Å². The predicted octanol–water partition coefficient (Wildman–Crippen LogP) is 4.24. The molecule has 0 unspecified atom stereocenters. The topological polar surface area (TPSA) is 76.1 Å². The Bertz CT molecular complexity index is 914. The molecule has 1 heterocycles. The highest BCUT2D eigenvalue weighted by Crippen LogP contribution is 2.25. The van der Waals surface area contributed by atoms with E-state index in [2.05, 4.69) is 20.6 Å². The molecular formula is C21H21ClN4O2. The van der Waals surface area contributed by atoms with Crippen molar-refractivity contribution < 1.29 is 9.53 Å². The lowest BCUT2D eigenvalue weighted by atomic mass is 10.1. The van der Waals surface area contributed by atoms with Crippen molar-refractivity contribution in [2.45, 2.75) is 13.3 Å². The Morgan fingerprint density at radius 3 is 2.50 bits per heavy atom. The lowest BCUT2D eigenvalue weighted by Gasteiger charge is -2.11. The highest BCUT2D eigenvalue weighted by molar-refractivity contribution is 6.30. The Morgan fingerprint density at radius 2 is 1.79 bits per heavy atom. The summed E-state index contributed by atoms with van der Waals surface area (Å²) in [5.41, 5.74) is 2.28. The quantitative estimate of drug-likeness (QED) is 0.595. The van der Waals surface area contributed by atoms with Crippen LogP contribution in [0.2, 0.25) is 5.02 Å². The van der Waals surface area contributed by atoms with Crippen molar-refractivity contribution in [3.63, 3.8) is 0 Å². The number of benzene rings is 2. The molecule has 0 saturated carbocycles. The molecule has 6 nitrogen and oxygen atoms in total. The lowest BCUT2D eigenvalue weighted by Crippen LogP contribution is -2.26. The van der Waals surface area contributed by atoms with E-state index in [1.54, 1.807) is 0 Å². The van der Waals surface area contributed by atoms with Crippen molar-refractivity contribution in [1.29, 1.82) is 0 Å². The van der Waals surface area contributed by atoms with Crippen LogP contribution in [0, 0.1) is 0 Å². The molecule has 0 aliphatic heterocycles. The summed E-state index contributed by atoms with van der Waals surface area (Å²) >= 11 is 5.87. The number of carbonyl (C=O) groups is 1. The van der Waals surface area contributed by atoms with Crippen LogP contribution in [0.25, 0.3) is 0 Å². The van der Waals surface area contributed by atoms with Gasteiger partial charge in [-0.3, -0.25) is 4.79 Å². The van der Waals surface area contributed by atoms with Gasteiger partial charge < -0.3 is 15.4 Å². The number of rotatable bonds is 8. The molecule has 0 fully saturated rings. The number of amides is 1. The molecule has 1 aromatic heterocycles. The summed E-state index contributed by atoms with van der Waals surface area (Å²) in [7, 11) is 0. The third-order valence-corrected chi connectivity index (χ3v) is 4.21. The first kappa shape index (κ1) is 19.6. The van der Waals surface area contributed by atoms with Gasteiger partial charge in [-0.25, -0.2) is 9.97 Å². The van der Waals surface area contributed by atoms with Gasteiger partial charge in [-0.15, -0.1) is 0 Å². The molecule has 0 atom stereocenters. The fraction of sp³-hybridized carbons (Fsp3) is 0.190. The Balaban J connectivity index is 1.55. The maximum Gasteiger partial charge on any atom is 0.254 e. The fourth-order valence-corrected chi connectivity index (χ4v) is 2.68. The summed E-state index contributed by atoms with van der Waals surface area (Å²) in [6, 6.07) is 15.1. The van der Waals surface area contributed by atoms with Crippen LogP contribution in [0.4, 0.5) is 11.6 Å². The minimum atomic E-state index is -0.213. The molecule has 0 bridgehead atoms. The molecule has 0 aliphatic carbocycles. The van der Waals surface area contributed by atoms with Crippen molar-refractivity contribution in [2.24, 2.45) is 0 Å². The van der Waals surface area contributed by atoms with Crippen molar-refractivity contribution in [2.75, 3.05) is 18.5 Å². The van der Waals surface area contributed by atoms with Gasteiger partial charge in [0.25, 0.3) is 5.91 Å². The van der Waals surface area contributed by atoms with Gasteiger partial charge in [-0.1, -0.05) is 35.9 Å². The maximum absolute atomic E-state index is 12.2. The summed E-state index contributed by atoms with van der Waals surface area (Å²) in [5, 5.41) is 6.66. The number of halogens is 1. The monoisotopic (exact) mass is 396 g/mol. The zero-order valence-electron chi connectivity index (χ0n) is 15.5. The van der Waals surface area contributed by atoms with E-state index in [-0.39, 0.29) is 5.91 Å². The van der Waals surface area contributed by atoms with Crippen molar-refractivity contribution in [3.8, 4) is 5.75 Å². The molecule has 0 aliphatic rings. The van der Waals surface area contributed by atoms with Gasteiger partial charge in [-0.2, -0.15) is 0 Å². The van der Waals surface area contributed by atoms with Gasteiger partial charge in [0.05, 0.1) is 17.9 Å². The standard InChI is InChI=1S/C21H21ClN4O2/c1-2-28-19-6-4-3-5-18(19)26-21-24-13-16(14-25-21)20(27)23-12-11-15-7-9-17(22)10-8-15/h3-10,13-14H,2,11-12H2,1H3,(H,23,27)(H,24,25,26). The smallest absolute Gasteiger partial charge is 0.254 e. The maximum atomic E-state index is 12.2. The molecule has 0 spiro atoms. The molecule has 0 saturated heterocycles. The molecule has 2 N–H and O–H groups in total. The second-order valence-corrected chi connectivity index (χ2v) is 6.42. The zero-order chi connectivity index (χ0) is 19.8.